The summed E-state index contributed by atoms with van der Waals surface area (Å²) < 4.78 is 1.63. The lowest BCUT2D eigenvalue weighted by Crippen LogP contribution is -2.17. The van der Waals surface area contributed by atoms with Crippen molar-refractivity contribution in [3.05, 3.63) is 60.0 Å². The number of nitrogens with one attached hydrogen (secondary N) is 1. The lowest BCUT2D eigenvalue weighted by atomic mass is 10.2. The van der Waals surface area contributed by atoms with E-state index in [4.69, 9.17) is 5.26 Å². The Hall–Kier alpha value is -3.13. The van der Waals surface area contributed by atoms with Crippen LogP contribution in [0.15, 0.2) is 48.8 Å². The Morgan fingerprint density at radius 3 is 2.90 bits per heavy atom. The van der Waals surface area contributed by atoms with E-state index in [2.05, 4.69) is 10.3 Å². The molecule has 0 atom stereocenters. The van der Waals surface area contributed by atoms with Crippen molar-refractivity contribution >= 4 is 22.5 Å². The molecule has 0 saturated carbocycles. The number of para-hydroxylation sites is 1. The SMILES string of the molecule is Cn1ccc(C#N)c1C(=O)Nc1cccc2cccnc12. The van der Waals surface area contributed by atoms with Gasteiger partial charge in [0.25, 0.3) is 5.91 Å². The highest BCUT2D eigenvalue weighted by Gasteiger charge is 2.16. The van der Waals surface area contributed by atoms with E-state index in [9.17, 15) is 4.79 Å². The molecule has 0 aliphatic rings. The van der Waals surface area contributed by atoms with Gasteiger partial charge in [-0.1, -0.05) is 18.2 Å². The molecule has 2 heterocycles. The summed E-state index contributed by atoms with van der Waals surface area (Å²) in [4.78, 5) is 16.7. The number of aryl methyl sites for hydroxylation is 1. The van der Waals surface area contributed by atoms with Crippen LogP contribution in [-0.4, -0.2) is 15.5 Å². The molecule has 1 aromatic carbocycles. The maximum atomic E-state index is 12.4. The number of fused-ring (bicyclic) bond motifs is 1. The van der Waals surface area contributed by atoms with Gasteiger partial charge in [-0.05, 0) is 18.2 Å². The van der Waals surface area contributed by atoms with E-state index in [0.717, 1.165) is 10.9 Å². The van der Waals surface area contributed by atoms with Crippen LogP contribution in [0.1, 0.15) is 16.1 Å². The zero-order valence-corrected chi connectivity index (χ0v) is 11.4. The van der Waals surface area contributed by atoms with Gasteiger partial charge in [0.15, 0.2) is 0 Å². The van der Waals surface area contributed by atoms with Gasteiger partial charge in [0.1, 0.15) is 11.8 Å². The monoisotopic (exact) mass is 276 g/mol. The molecule has 0 aliphatic heterocycles. The van der Waals surface area contributed by atoms with Gasteiger partial charge in [0, 0.05) is 24.8 Å². The van der Waals surface area contributed by atoms with Crippen LogP contribution >= 0.6 is 0 Å². The van der Waals surface area contributed by atoms with Crippen molar-refractivity contribution in [3.8, 4) is 6.07 Å². The molecule has 21 heavy (non-hydrogen) atoms. The smallest absolute Gasteiger partial charge is 0.273 e. The minimum absolute atomic E-state index is 0.322. The summed E-state index contributed by atoms with van der Waals surface area (Å²) in [6.07, 6.45) is 3.37. The first-order chi connectivity index (χ1) is 10.2. The van der Waals surface area contributed by atoms with Crippen LogP contribution in [0, 0.1) is 11.3 Å². The van der Waals surface area contributed by atoms with Crippen molar-refractivity contribution in [1.82, 2.24) is 9.55 Å². The maximum Gasteiger partial charge on any atom is 0.273 e. The summed E-state index contributed by atoms with van der Waals surface area (Å²) >= 11 is 0. The third-order valence-corrected chi connectivity index (χ3v) is 3.29. The van der Waals surface area contributed by atoms with Crippen LogP contribution in [0.3, 0.4) is 0 Å². The van der Waals surface area contributed by atoms with Crippen LogP contribution in [0.2, 0.25) is 0 Å². The van der Waals surface area contributed by atoms with Gasteiger partial charge < -0.3 is 9.88 Å². The minimum Gasteiger partial charge on any atom is -0.345 e. The molecule has 0 fully saturated rings. The quantitative estimate of drug-likeness (QED) is 0.782. The van der Waals surface area contributed by atoms with Crippen molar-refractivity contribution in [3.63, 3.8) is 0 Å². The number of pyridine rings is 1. The van der Waals surface area contributed by atoms with Crippen LogP contribution < -0.4 is 5.32 Å². The Morgan fingerprint density at radius 2 is 2.10 bits per heavy atom. The van der Waals surface area contributed by atoms with Gasteiger partial charge in [-0.2, -0.15) is 5.26 Å². The Kier molecular flexibility index (Phi) is 3.13. The highest BCUT2D eigenvalue weighted by Crippen LogP contribution is 2.21. The largest absolute Gasteiger partial charge is 0.345 e. The Morgan fingerprint density at radius 1 is 1.29 bits per heavy atom. The Labute approximate surface area is 121 Å². The minimum atomic E-state index is -0.322. The van der Waals surface area contributed by atoms with Crippen LogP contribution in [0.4, 0.5) is 5.69 Å². The molecule has 0 saturated heterocycles. The number of amides is 1. The van der Waals surface area contributed by atoms with Gasteiger partial charge in [0.2, 0.25) is 0 Å². The Bertz CT molecular complexity index is 868. The van der Waals surface area contributed by atoms with E-state index in [1.165, 1.54) is 0 Å². The van der Waals surface area contributed by atoms with E-state index in [1.807, 2.05) is 30.3 Å². The van der Waals surface area contributed by atoms with Crippen LogP contribution in [-0.2, 0) is 7.05 Å². The second kappa shape index (κ2) is 5.10. The molecule has 0 radical (unpaired) electrons. The first-order valence-electron chi connectivity index (χ1n) is 6.41. The molecule has 5 heteroatoms. The fraction of sp³-hybridized carbons (Fsp3) is 0.0625. The topological polar surface area (TPSA) is 70.7 Å². The second-order valence-corrected chi connectivity index (χ2v) is 4.64. The number of aromatic nitrogens is 2. The van der Waals surface area contributed by atoms with Crippen molar-refractivity contribution in [2.75, 3.05) is 5.32 Å². The number of carbonyl (C=O) groups excluding carboxylic acids is 1. The van der Waals surface area contributed by atoms with Crippen molar-refractivity contribution in [1.29, 1.82) is 5.26 Å². The molecule has 1 N–H and O–H groups in total. The van der Waals surface area contributed by atoms with E-state index >= 15 is 0 Å². The summed E-state index contributed by atoms with van der Waals surface area (Å²) in [5.41, 5.74) is 2.04. The number of hydrogen-bond donors (Lipinski definition) is 1. The highest BCUT2D eigenvalue weighted by molar-refractivity contribution is 6.08. The molecule has 2 aromatic heterocycles. The summed E-state index contributed by atoms with van der Waals surface area (Å²) in [6.45, 7) is 0. The highest BCUT2D eigenvalue weighted by atomic mass is 16.1. The van der Waals surface area contributed by atoms with Crippen LogP contribution in [0.25, 0.3) is 10.9 Å². The molecular formula is C16H12N4O. The number of anilines is 1. The van der Waals surface area contributed by atoms with Crippen molar-refractivity contribution in [2.45, 2.75) is 0 Å². The summed E-state index contributed by atoms with van der Waals surface area (Å²) in [6, 6.07) is 13.0. The van der Waals surface area contributed by atoms with Gasteiger partial charge in [-0.25, -0.2) is 0 Å². The number of rotatable bonds is 2. The lowest BCUT2D eigenvalue weighted by molar-refractivity contribution is 0.101. The van der Waals surface area contributed by atoms with Gasteiger partial charge >= 0.3 is 0 Å². The maximum absolute atomic E-state index is 12.4. The average Bonchev–Trinajstić information content (AvgIpc) is 2.88. The fourth-order valence-electron chi connectivity index (χ4n) is 2.29. The van der Waals surface area contributed by atoms with Crippen molar-refractivity contribution < 1.29 is 4.79 Å². The molecule has 5 nitrogen and oxygen atoms in total. The average molecular weight is 276 g/mol. The molecular weight excluding hydrogens is 264 g/mol. The fourth-order valence-corrected chi connectivity index (χ4v) is 2.29. The van der Waals surface area contributed by atoms with Crippen molar-refractivity contribution in [2.24, 2.45) is 7.05 Å². The molecule has 0 bridgehead atoms. The van der Waals surface area contributed by atoms with Gasteiger partial charge in [-0.3, -0.25) is 9.78 Å². The van der Waals surface area contributed by atoms with Crippen LogP contribution in [0.5, 0.6) is 0 Å². The molecule has 0 unspecified atom stereocenters. The first kappa shape index (κ1) is 12.9. The zero-order chi connectivity index (χ0) is 14.8. The Balaban J connectivity index is 2.01. The molecule has 3 rings (SSSR count). The predicted octanol–water partition coefficient (Wildman–Crippen LogP) is 2.70. The number of nitriles is 1. The van der Waals surface area contributed by atoms with Gasteiger partial charge in [-0.15, -0.1) is 0 Å². The standard InChI is InChI=1S/C16H12N4O/c1-20-9-7-12(10-17)15(20)16(21)19-13-6-2-4-11-5-3-8-18-14(11)13/h2-9H,1H3,(H,19,21). The molecule has 0 aliphatic carbocycles. The molecule has 3 aromatic rings. The van der Waals surface area contributed by atoms with E-state index < -0.39 is 0 Å². The predicted molar refractivity (Wildman–Crippen MR) is 79.8 cm³/mol. The summed E-state index contributed by atoms with van der Waals surface area (Å²) in [5, 5.41) is 12.8. The number of nitrogens with zero attached hydrogens (tertiary/aromatic N) is 3. The molecule has 0 spiro atoms. The lowest BCUT2D eigenvalue weighted by Gasteiger charge is -2.09. The number of carbonyl (C=O) groups is 1. The number of hydrogen-bond acceptors (Lipinski definition) is 3. The summed E-state index contributed by atoms with van der Waals surface area (Å²) in [7, 11) is 1.73. The summed E-state index contributed by atoms with van der Waals surface area (Å²) in [5.74, 6) is -0.322. The molecule has 1 amide bonds. The zero-order valence-electron chi connectivity index (χ0n) is 11.4. The first-order valence-corrected chi connectivity index (χ1v) is 6.41. The number of benzene rings is 1. The third kappa shape index (κ3) is 2.23. The van der Waals surface area contributed by atoms with E-state index in [0.29, 0.717) is 16.9 Å². The normalized spacial score (nSPS) is 10.3. The third-order valence-electron chi connectivity index (χ3n) is 3.29. The second-order valence-electron chi connectivity index (χ2n) is 4.64. The van der Waals surface area contributed by atoms with E-state index in [-0.39, 0.29) is 5.91 Å². The molecule has 102 valence electrons. The van der Waals surface area contributed by atoms with Gasteiger partial charge in [0.05, 0.1) is 16.8 Å². The van der Waals surface area contributed by atoms with E-state index in [1.54, 1.807) is 36.1 Å².